The van der Waals surface area contributed by atoms with Crippen molar-refractivity contribution in [2.75, 3.05) is 13.2 Å². The fraction of sp³-hybridized carbons (Fsp3) is 0.500. The third-order valence-electron chi connectivity index (χ3n) is 3.14. The van der Waals surface area contributed by atoms with Crippen LogP contribution in [0.3, 0.4) is 0 Å². The summed E-state index contributed by atoms with van der Waals surface area (Å²) < 4.78 is 0. The number of phenolic OH excluding ortho intramolecular Hbond substituents is 1. The van der Waals surface area contributed by atoms with E-state index in [9.17, 15) is 5.11 Å². The highest BCUT2D eigenvalue weighted by Gasteiger charge is 2.32. The Kier molecular flexibility index (Phi) is 3.38. The summed E-state index contributed by atoms with van der Waals surface area (Å²) in [7, 11) is 0. The Balaban J connectivity index is 2.36. The molecule has 0 bridgehead atoms. The molecule has 2 atom stereocenters. The molecule has 0 saturated heterocycles. The average molecular weight is 242 g/mol. The van der Waals surface area contributed by atoms with Crippen molar-refractivity contribution < 1.29 is 10.2 Å². The molecule has 0 aliphatic heterocycles. The Morgan fingerprint density at radius 3 is 2.88 bits per heavy atom. The topological polar surface area (TPSA) is 52.5 Å². The van der Waals surface area contributed by atoms with Gasteiger partial charge >= 0.3 is 0 Å². The quantitative estimate of drug-likeness (QED) is 0.760. The smallest absolute Gasteiger partial charge is 0.120 e. The molecule has 3 nitrogen and oxygen atoms in total. The summed E-state index contributed by atoms with van der Waals surface area (Å²) in [6, 6.07) is 3.46. The summed E-state index contributed by atoms with van der Waals surface area (Å²) in [5, 5.41) is 22.6. The number of halogens is 1. The van der Waals surface area contributed by atoms with Gasteiger partial charge in [0.25, 0.3) is 0 Å². The monoisotopic (exact) mass is 241 g/mol. The lowest BCUT2D eigenvalue weighted by Crippen LogP contribution is -2.22. The van der Waals surface area contributed by atoms with Crippen molar-refractivity contribution in [2.45, 2.75) is 25.3 Å². The van der Waals surface area contributed by atoms with Crippen LogP contribution >= 0.6 is 11.6 Å². The number of hydrogen-bond acceptors (Lipinski definition) is 3. The van der Waals surface area contributed by atoms with Crippen LogP contribution < -0.4 is 5.32 Å². The van der Waals surface area contributed by atoms with E-state index in [1.165, 1.54) is 0 Å². The van der Waals surface area contributed by atoms with E-state index in [1.807, 2.05) is 0 Å². The molecule has 0 amide bonds. The first-order valence-electron chi connectivity index (χ1n) is 5.50. The Bertz CT molecular complexity index is 395. The number of fused-ring (bicyclic) bond motifs is 1. The van der Waals surface area contributed by atoms with Gasteiger partial charge in [-0.3, -0.25) is 0 Å². The number of rotatable bonds is 3. The summed E-state index contributed by atoms with van der Waals surface area (Å²) >= 11 is 6.15. The van der Waals surface area contributed by atoms with Crippen LogP contribution in [-0.4, -0.2) is 23.4 Å². The van der Waals surface area contributed by atoms with Crippen molar-refractivity contribution >= 4 is 11.6 Å². The van der Waals surface area contributed by atoms with Crippen molar-refractivity contribution in [3.05, 3.63) is 28.3 Å². The Labute approximate surface area is 100 Å². The van der Waals surface area contributed by atoms with Crippen LogP contribution in [0.5, 0.6) is 5.75 Å². The maximum atomic E-state index is 9.88. The van der Waals surface area contributed by atoms with Crippen LogP contribution in [0.1, 0.15) is 36.4 Å². The largest absolute Gasteiger partial charge is 0.508 e. The lowest BCUT2D eigenvalue weighted by Gasteiger charge is -2.14. The van der Waals surface area contributed by atoms with E-state index in [1.54, 1.807) is 12.1 Å². The van der Waals surface area contributed by atoms with Gasteiger partial charge in [0.05, 0.1) is 6.61 Å². The molecule has 0 radical (unpaired) electrons. The molecule has 0 fully saturated rings. The highest BCUT2D eigenvalue weighted by molar-refractivity contribution is 6.31. The van der Waals surface area contributed by atoms with Crippen molar-refractivity contribution in [3.63, 3.8) is 0 Å². The zero-order valence-corrected chi connectivity index (χ0v) is 9.96. The van der Waals surface area contributed by atoms with Gasteiger partial charge in [0.2, 0.25) is 0 Å². The van der Waals surface area contributed by atoms with E-state index in [4.69, 9.17) is 16.7 Å². The molecule has 1 aliphatic carbocycles. The molecular formula is C12H16ClNO2. The molecule has 1 aliphatic rings. The van der Waals surface area contributed by atoms with Gasteiger partial charge in [0.15, 0.2) is 0 Å². The van der Waals surface area contributed by atoms with Gasteiger partial charge in [0, 0.05) is 23.2 Å². The molecule has 0 aromatic heterocycles. The number of nitrogens with one attached hydrogen (secondary N) is 1. The predicted molar refractivity (Wildman–Crippen MR) is 64.0 cm³/mol. The second kappa shape index (κ2) is 4.62. The van der Waals surface area contributed by atoms with Crippen LogP contribution in [0.2, 0.25) is 5.02 Å². The average Bonchev–Trinajstić information content (AvgIpc) is 2.59. The predicted octanol–water partition coefficient (Wildman–Crippen LogP) is 2.18. The first kappa shape index (κ1) is 11.7. The van der Waals surface area contributed by atoms with Crippen molar-refractivity contribution in [3.8, 4) is 5.75 Å². The van der Waals surface area contributed by atoms with E-state index in [-0.39, 0.29) is 12.6 Å². The fourth-order valence-electron chi connectivity index (χ4n) is 2.48. The normalized spacial score (nSPS) is 23.4. The maximum absolute atomic E-state index is 9.88. The molecule has 3 N–H and O–H groups in total. The minimum absolute atomic E-state index is 0.0934. The molecular weight excluding hydrogens is 226 g/mol. The van der Waals surface area contributed by atoms with Crippen molar-refractivity contribution in [1.82, 2.24) is 5.32 Å². The molecule has 0 saturated carbocycles. The third kappa shape index (κ3) is 1.90. The van der Waals surface area contributed by atoms with Crippen molar-refractivity contribution in [2.24, 2.45) is 0 Å². The second-order valence-electron chi connectivity index (χ2n) is 4.26. The summed E-state index contributed by atoms with van der Waals surface area (Å²) in [5.74, 6) is 0.630. The van der Waals surface area contributed by atoms with Crippen LogP contribution in [0.15, 0.2) is 12.1 Å². The highest BCUT2D eigenvalue weighted by Crippen LogP contribution is 2.47. The number of aliphatic hydroxyl groups is 1. The van der Waals surface area contributed by atoms with Gasteiger partial charge in [-0.15, -0.1) is 0 Å². The molecule has 16 heavy (non-hydrogen) atoms. The lowest BCUT2D eigenvalue weighted by molar-refractivity contribution is 0.282. The number of benzene rings is 1. The standard InChI is InChI=1S/C12H16ClNO2/c1-7-6-9(14-4-5-15)12-10(16)3-2-8(13)11(7)12/h2-3,7,9,14-16H,4-6H2,1H3. The maximum Gasteiger partial charge on any atom is 0.120 e. The van der Waals surface area contributed by atoms with Crippen LogP contribution in [-0.2, 0) is 0 Å². The van der Waals surface area contributed by atoms with E-state index >= 15 is 0 Å². The minimum atomic E-state index is 0.0934. The molecule has 1 aromatic carbocycles. The van der Waals surface area contributed by atoms with Gasteiger partial charge < -0.3 is 15.5 Å². The number of hydrogen-bond donors (Lipinski definition) is 3. The molecule has 2 rings (SSSR count). The van der Waals surface area contributed by atoms with Crippen molar-refractivity contribution in [1.29, 1.82) is 0 Å². The lowest BCUT2D eigenvalue weighted by atomic mass is 10.0. The molecule has 0 heterocycles. The number of phenols is 1. The summed E-state index contributed by atoms with van der Waals surface area (Å²) in [6.45, 7) is 2.73. The first-order chi connectivity index (χ1) is 7.65. The number of aliphatic hydroxyl groups excluding tert-OH is 1. The SMILES string of the molecule is CC1CC(NCCO)c2c(O)ccc(Cl)c21. The second-order valence-corrected chi connectivity index (χ2v) is 4.67. The summed E-state index contributed by atoms with van der Waals surface area (Å²) in [5.41, 5.74) is 1.94. The van der Waals surface area contributed by atoms with Gasteiger partial charge in [-0.1, -0.05) is 18.5 Å². The van der Waals surface area contributed by atoms with Gasteiger partial charge in [-0.05, 0) is 30.0 Å². The summed E-state index contributed by atoms with van der Waals surface area (Å²) in [4.78, 5) is 0. The molecule has 1 aromatic rings. The Morgan fingerprint density at radius 2 is 2.19 bits per heavy atom. The van der Waals surface area contributed by atoms with E-state index in [0.29, 0.717) is 23.2 Å². The van der Waals surface area contributed by atoms with Crippen LogP contribution in [0.4, 0.5) is 0 Å². The molecule has 88 valence electrons. The molecule has 2 unspecified atom stereocenters. The minimum Gasteiger partial charge on any atom is -0.508 e. The third-order valence-corrected chi connectivity index (χ3v) is 3.47. The Morgan fingerprint density at radius 1 is 1.44 bits per heavy atom. The van der Waals surface area contributed by atoms with E-state index < -0.39 is 0 Å². The van der Waals surface area contributed by atoms with Gasteiger partial charge in [-0.2, -0.15) is 0 Å². The number of aromatic hydroxyl groups is 1. The summed E-state index contributed by atoms with van der Waals surface area (Å²) in [6.07, 6.45) is 0.909. The van der Waals surface area contributed by atoms with Gasteiger partial charge in [-0.25, -0.2) is 0 Å². The van der Waals surface area contributed by atoms with Crippen LogP contribution in [0.25, 0.3) is 0 Å². The van der Waals surface area contributed by atoms with Gasteiger partial charge in [0.1, 0.15) is 5.75 Å². The van der Waals surface area contributed by atoms with E-state index in [0.717, 1.165) is 17.5 Å². The van der Waals surface area contributed by atoms with Crippen LogP contribution in [0, 0.1) is 0 Å². The highest BCUT2D eigenvalue weighted by atomic mass is 35.5. The fourth-order valence-corrected chi connectivity index (χ4v) is 2.83. The zero-order valence-electron chi connectivity index (χ0n) is 9.20. The first-order valence-corrected chi connectivity index (χ1v) is 5.88. The molecule has 4 heteroatoms. The zero-order chi connectivity index (χ0) is 11.7. The van der Waals surface area contributed by atoms with E-state index in [2.05, 4.69) is 12.2 Å². The molecule has 0 spiro atoms. The Hall–Kier alpha value is -0.770.